The van der Waals surface area contributed by atoms with Crippen LogP contribution in [0, 0.1) is 11.8 Å². The molecule has 0 radical (unpaired) electrons. The van der Waals surface area contributed by atoms with Crippen LogP contribution >= 0.6 is 0 Å². The Bertz CT molecular complexity index is 450. The smallest absolute Gasteiger partial charge is 0.261 e. The van der Waals surface area contributed by atoms with Crippen LogP contribution in [0.15, 0.2) is 12.3 Å². The standard InChI is InChI=1S/C12H17N3O2/c1-8(2)5-7-14-10-4-6-13-15(10)12(17)9(3)11(14)16/h4,6,8-9H,5,7H2,1-3H3. The highest BCUT2D eigenvalue weighted by Crippen LogP contribution is 2.24. The van der Waals surface area contributed by atoms with E-state index in [1.54, 1.807) is 24.1 Å². The summed E-state index contributed by atoms with van der Waals surface area (Å²) in [5, 5.41) is 3.97. The van der Waals surface area contributed by atoms with Gasteiger partial charge in [0.25, 0.3) is 5.91 Å². The first kappa shape index (κ1) is 11.8. The lowest BCUT2D eigenvalue weighted by Crippen LogP contribution is -2.47. The van der Waals surface area contributed by atoms with Crippen molar-refractivity contribution >= 4 is 17.6 Å². The summed E-state index contributed by atoms with van der Waals surface area (Å²) >= 11 is 0. The molecule has 2 heterocycles. The Morgan fingerprint density at radius 3 is 2.71 bits per heavy atom. The summed E-state index contributed by atoms with van der Waals surface area (Å²) in [6, 6.07) is 1.71. The lowest BCUT2D eigenvalue weighted by molar-refractivity contribution is -0.121. The van der Waals surface area contributed by atoms with Crippen molar-refractivity contribution in [1.82, 2.24) is 9.78 Å². The molecular weight excluding hydrogens is 218 g/mol. The zero-order chi connectivity index (χ0) is 12.6. The van der Waals surface area contributed by atoms with Crippen LogP contribution in [0.1, 0.15) is 32.0 Å². The predicted octanol–water partition coefficient (Wildman–Crippen LogP) is 1.55. The Hall–Kier alpha value is -1.65. The van der Waals surface area contributed by atoms with E-state index < -0.39 is 5.92 Å². The number of hydrogen-bond donors (Lipinski definition) is 0. The molecule has 92 valence electrons. The van der Waals surface area contributed by atoms with E-state index in [9.17, 15) is 9.59 Å². The molecule has 0 N–H and O–H groups in total. The molecule has 17 heavy (non-hydrogen) atoms. The van der Waals surface area contributed by atoms with Gasteiger partial charge in [0, 0.05) is 12.6 Å². The lowest BCUT2D eigenvalue weighted by atomic mass is 10.1. The van der Waals surface area contributed by atoms with Gasteiger partial charge in [-0.3, -0.25) is 14.5 Å². The van der Waals surface area contributed by atoms with Crippen LogP contribution in [0.25, 0.3) is 0 Å². The van der Waals surface area contributed by atoms with E-state index in [2.05, 4.69) is 18.9 Å². The first-order valence-corrected chi connectivity index (χ1v) is 5.92. The number of aromatic nitrogens is 2. The van der Waals surface area contributed by atoms with E-state index in [4.69, 9.17) is 0 Å². The molecule has 1 amide bonds. The van der Waals surface area contributed by atoms with Crippen LogP contribution in [0.2, 0.25) is 0 Å². The average Bonchev–Trinajstić information content (AvgIpc) is 2.74. The van der Waals surface area contributed by atoms with Crippen molar-refractivity contribution in [1.29, 1.82) is 0 Å². The highest BCUT2D eigenvalue weighted by Gasteiger charge is 2.36. The molecule has 2 rings (SSSR count). The maximum Gasteiger partial charge on any atom is 0.261 e. The fraction of sp³-hybridized carbons (Fsp3) is 0.583. The average molecular weight is 235 g/mol. The van der Waals surface area contributed by atoms with Crippen molar-refractivity contribution in [3.05, 3.63) is 12.3 Å². The SMILES string of the molecule is CC(C)CCN1C(=O)C(C)C(=O)n2nccc21. The molecule has 0 bridgehead atoms. The second kappa shape index (κ2) is 4.31. The topological polar surface area (TPSA) is 55.2 Å². The molecule has 0 aliphatic carbocycles. The third kappa shape index (κ3) is 1.97. The first-order valence-electron chi connectivity index (χ1n) is 5.92. The monoisotopic (exact) mass is 235 g/mol. The Morgan fingerprint density at radius 1 is 1.35 bits per heavy atom. The molecular formula is C12H17N3O2. The third-order valence-corrected chi connectivity index (χ3v) is 3.04. The van der Waals surface area contributed by atoms with Gasteiger partial charge in [0.2, 0.25) is 5.91 Å². The minimum atomic E-state index is -0.630. The molecule has 0 spiro atoms. The van der Waals surface area contributed by atoms with Gasteiger partial charge >= 0.3 is 0 Å². The normalized spacial score (nSPS) is 20.0. The van der Waals surface area contributed by atoms with Gasteiger partial charge < -0.3 is 0 Å². The minimum Gasteiger partial charge on any atom is -0.296 e. The highest BCUT2D eigenvalue weighted by molar-refractivity contribution is 6.12. The number of nitrogens with zero attached hydrogens (tertiary/aromatic N) is 3. The number of carbonyl (C=O) groups excluding carboxylic acids is 2. The van der Waals surface area contributed by atoms with Gasteiger partial charge in [-0.2, -0.15) is 9.78 Å². The molecule has 1 aliphatic rings. The maximum atomic E-state index is 12.1. The summed E-state index contributed by atoms with van der Waals surface area (Å²) in [7, 11) is 0. The molecule has 1 aliphatic heterocycles. The summed E-state index contributed by atoms with van der Waals surface area (Å²) < 4.78 is 1.33. The highest BCUT2D eigenvalue weighted by atomic mass is 16.2. The van der Waals surface area contributed by atoms with E-state index in [-0.39, 0.29) is 11.8 Å². The van der Waals surface area contributed by atoms with Gasteiger partial charge in [0.1, 0.15) is 11.7 Å². The van der Waals surface area contributed by atoms with Crippen molar-refractivity contribution < 1.29 is 9.59 Å². The summed E-state index contributed by atoms with van der Waals surface area (Å²) in [6.45, 7) is 6.50. The number of anilines is 1. The number of hydrogen-bond acceptors (Lipinski definition) is 3. The maximum absolute atomic E-state index is 12.1. The lowest BCUT2D eigenvalue weighted by Gasteiger charge is -2.30. The first-order chi connectivity index (χ1) is 8.02. The number of carbonyl (C=O) groups is 2. The van der Waals surface area contributed by atoms with Crippen molar-refractivity contribution in [2.24, 2.45) is 11.8 Å². The molecule has 1 aromatic heterocycles. The molecule has 1 atom stereocenters. The van der Waals surface area contributed by atoms with E-state index in [1.807, 2.05) is 0 Å². The summed E-state index contributed by atoms with van der Waals surface area (Å²) in [6.07, 6.45) is 2.47. The van der Waals surface area contributed by atoms with Gasteiger partial charge in [-0.05, 0) is 19.3 Å². The molecule has 5 nitrogen and oxygen atoms in total. The third-order valence-electron chi connectivity index (χ3n) is 3.04. The molecule has 1 aromatic rings. The van der Waals surface area contributed by atoms with Gasteiger partial charge in [-0.1, -0.05) is 13.8 Å². The second-order valence-corrected chi connectivity index (χ2v) is 4.83. The predicted molar refractivity (Wildman–Crippen MR) is 63.8 cm³/mol. The largest absolute Gasteiger partial charge is 0.296 e. The van der Waals surface area contributed by atoms with E-state index >= 15 is 0 Å². The van der Waals surface area contributed by atoms with Crippen LogP contribution in [-0.2, 0) is 4.79 Å². The van der Waals surface area contributed by atoms with Crippen LogP contribution in [0.3, 0.4) is 0 Å². The molecule has 1 unspecified atom stereocenters. The van der Waals surface area contributed by atoms with Crippen LogP contribution in [0.4, 0.5) is 5.82 Å². The van der Waals surface area contributed by atoms with Crippen LogP contribution in [0.5, 0.6) is 0 Å². The Kier molecular flexibility index (Phi) is 3.00. The van der Waals surface area contributed by atoms with Crippen LogP contribution in [-0.4, -0.2) is 28.1 Å². The Labute approximate surface area is 100 Å². The molecule has 0 saturated carbocycles. The molecule has 0 saturated heterocycles. The summed E-state index contributed by atoms with van der Waals surface area (Å²) in [5.41, 5.74) is 0. The van der Waals surface area contributed by atoms with E-state index in [0.717, 1.165) is 6.42 Å². The minimum absolute atomic E-state index is 0.122. The molecule has 0 aromatic carbocycles. The fourth-order valence-corrected chi connectivity index (χ4v) is 1.92. The number of fused-ring (bicyclic) bond motifs is 1. The Balaban J connectivity index is 2.30. The summed E-state index contributed by atoms with van der Waals surface area (Å²) in [5.74, 6) is 0.125. The van der Waals surface area contributed by atoms with Gasteiger partial charge in [-0.15, -0.1) is 0 Å². The summed E-state index contributed by atoms with van der Waals surface area (Å²) in [4.78, 5) is 25.6. The second-order valence-electron chi connectivity index (χ2n) is 4.83. The zero-order valence-corrected chi connectivity index (χ0v) is 10.4. The van der Waals surface area contributed by atoms with Crippen molar-refractivity contribution in [2.75, 3.05) is 11.4 Å². The van der Waals surface area contributed by atoms with Gasteiger partial charge in [0.15, 0.2) is 0 Å². The molecule has 5 heteroatoms. The van der Waals surface area contributed by atoms with Crippen molar-refractivity contribution in [3.8, 4) is 0 Å². The molecule has 0 fully saturated rings. The zero-order valence-electron chi connectivity index (χ0n) is 10.4. The fourth-order valence-electron chi connectivity index (χ4n) is 1.92. The van der Waals surface area contributed by atoms with Gasteiger partial charge in [-0.25, -0.2) is 0 Å². The van der Waals surface area contributed by atoms with E-state index in [0.29, 0.717) is 18.3 Å². The van der Waals surface area contributed by atoms with E-state index in [1.165, 1.54) is 4.68 Å². The van der Waals surface area contributed by atoms with Gasteiger partial charge in [0.05, 0.1) is 6.20 Å². The van der Waals surface area contributed by atoms with Crippen LogP contribution < -0.4 is 4.90 Å². The van der Waals surface area contributed by atoms with Crippen molar-refractivity contribution in [3.63, 3.8) is 0 Å². The number of amides is 1. The number of rotatable bonds is 3. The van der Waals surface area contributed by atoms with Crippen molar-refractivity contribution in [2.45, 2.75) is 27.2 Å². The Morgan fingerprint density at radius 2 is 2.06 bits per heavy atom. The quantitative estimate of drug-likeness (QED) is 0.747.